The zero-order valence-electron chi connectivity index (χ0n) is 16.2. The van der Waals surface area contributed by atoms with Gasteiger partial charge < -0.3 is 14.1 Å². The molecule has 0 amide bonds. The molecule has 0 radical (unpaired) electrons. The molecule has 4 nitrogen and oxygen atoms in total. The highest BCUT2D eigenvalue weighted by Crippen LogP contribution is 2.40. The molecule has 1 aliphatic heterocycles. The smallest absolute Gasteiger partial charge is 0.416 e. The number of aryl methyl sites for hydroxylation is 1. The van der Waals surface area contributed by atoms with E-state index < -0.39 is 17.4 Å². The number of nitrogens with zero attached hydrogens (tertiary/aromatic N) is 1. The summed E-state index contributed by atoms with van der Waals surface area (Å²) in [6.45, 7) is 2.47. The second kappa shape index (κ2) is 7.87. The van der Waals surface area contributed by atoms with Gasteiger partial charge >= 0.3 is 11.8 Å². The van der Waals surface area contributed by atoms with Gasteiger partial charge in [-0.05, 0) is 48.7 Å². The number of hydrogen-bond donors (Lipinski definition) is 0. The van der Waals surface area contributed by atoms with Gasteiger partial charge in [-0.25, -0.2) is 4.79 Å². The number of rotatable bonds is 4. The third-order valence-electron chi connectivity index (χ3n) is 5.19. The highest BCUT2D eigenvalue weighted by molar-refractivity contribution is 6.33. The average molecular weight is 438 g/mol. The first kappa shape index (κ1) is 20.6. The van der Waals surface area contributed by atoms with Crippen molar-refractivity contribution < 1.29 is 22.3 Å². The van der Waals surface area contributed by atoms with Crippen LogP contribution in [0.5, 0.6) is 5.75 Å². The molecule has 3 aromatic rings. The van der Waals surface area contributed by atoms with E-state index in [1.165, 1.54) is 18.2 Å². The molecule has 0 fully saturated rings. The molecule has 4 rings (SSSR count). The van der Waals surface area contributed by atoms with E-state index in [9.17, 15) is 18.0 Å². The zero-order valence-corrected chi connectivity index (χ0v) is 16.9. The van der Waals surface area contributed by atoms with E-state index in [0.717, 1.165) is 42.3 Å². The minimum absolute atomic E-state index is 0.114. The lowest BCUT2D eigenvalue weighted by molar-refractivity contribution is -0.137. The molecular weight excluding hydrogens is 419 g/mol. The number of hydrogen-bond acceptors (Lipinski definition) is 4. The number of halogens is 4. The fourth-order valence-electron chi connectivity index (χ4n) is 3.65. The molecule has 0 aliphatic carbocycles. The van der Waals surface area contributed by atoms with Crippen molar-refractivity contribution in [2.75, 3.05) is 11.6 Å². The molecule has 0 unspecified atom stereocenters. The van der Waals surface area contributed by atoms with Gasteiger partial charge in [-0.2, -0.15) is 13.2 Å². The first-order chi connectivity index (χ1) is 14.3. The van der Waals surface area contributed by atoms with Crippen molar-refractivity contribution in [2.24, 2.45) is 0 Å². The molecule has 1 aromatic heterocycles. The molecular formula is C22H19ClF3NO3. The minimum Gasteiger partial charge on any atom is -0.471 e. The van der Waals surface area contributed by atoms with Gasteiger partial charge in [0.15, 0.2) is 6.73 Å². The van der Waals surface area contributed by atoms with E-state index in [1.54, 1.807) is 11.0 Å². The summed E-state index contributed by atoms with van der Waals surface area (Å²) in [4.78, 5) is 13.9. The van der Waals surface area contributed by atoms with E-state index in [4.69, 9.17) is 20.8 Å². The van der Waals surface area contributed by atoms with Crippen LogP contribution in [0.3, 0.4) is 0 Å². The van der Waals surface area contributed by atoms with Crippen LogP contribution in [0.1, 0.15) is 36.5 Å². The number of ether oxygens (including phenoxy) is 1. The summed E-state index contributed by atoms with van der Waals surface area (Å²) in [5, 5.41) is 1.17. The molecule has 0 saturated heterocycles. The molecule has 8 heteroatoms. The lowest BCUT2D eigenvalue weighted by Gasteiger charge is -2.31. The van der Waals surface area contributed by atoms with Crippen LogP contribution in [-0.4, -0.2) is 6.73 Å². The summed E-state index contributed by atoms with van der Waals surface area (Å²) in [6, 6.07) is 8.09. The number of alkyl halides is 3. The molecule has 2 aromatic carbocycles. The first-order valence-electron chi connectivity index (χ1n) is 9.61. The Morgan fingerprint density at radius 3 is 2.57 bits per heavy atom. The van der Waals surface area contributed by atoms with Crippen LogP contribution in [0, 0.1) is 0 Å². The Morgan fingerprint density at radius 1 is 1.17 bits per heavy atom. The molecule has 0 spiro atoms. The molecule has 30 heavy (non-hydrogen) atoms. The van der Waals surface area contributed by atoms with Crippen molar-refractivity contribution in [2.45, 2.75) is 38.9 Å². The third kappa shape index (κ3) is 3.86. The summed E-state index contributed by atoms with van der Waals surface area (Å²) in [5.41, 5.74) is 1.27. The maximum atomic E-state index is 12.8. The summed E-state index contributed by atoms with van der Waals surface area (Å²) < 4.78 is 49.9. The Morgan fingerprint density at radius 2 is 1.90 bits per heavy atom. The standard InChI is InChI=1S/C22H19ClF3NO3/c1-2-3-4-13-9-19(28)30-20-16(13)10-18(23)21-17(20)11-27(12-29-21)15-7-5-14(6-8-15)22(24,25)26/h5-10H,2-4,11-12H2,1H3. The van der Waals surface area contributed by atoms with Crippen molar-refractivity contribution in [3.05, 3.63) is 68.5 Å². The fourth-order valence-corrected chi connectivity index (χ4v) is 3.93. The SMILES string of the molecule is CCCCc1cc(=O)oc2c3c(c(Cl)cc12)OCN(c1ccc(C(F)(F)F)cc1)C3. The minimum atomic E-state index is -4.40. The van der Waals surface area contributed by atoms with Gasteiger partial charge in [0.05, 0.1) is 22.7 Å². The van der Waals surface area contributed by atoms with Gasteiger partial charge in [-0.15, -0.1) is 0 Å². The molecule has 2 heterocycles. The number of benzene rings is 2. The maximum absolute atomic E-state index is 12.8. The summed E-state index contributed by atoms with van der Waals surface area (Å²) in [6.07, 6.45) is -1.78. The van der Waals surface area contributed by atoms with Crippen LogP contribution in [0.15, 0.2) is 45.6 Å². The van der Waals surface area contributed by atoms with E-state index >= 15 is 0 Å². The highest BCUT2D eigenvalue weighted by atomic mass is 35.5. The Bertz CT molecular complexity index is 1140. The summed E-state index contributed by atoms with van der Waals surface area (Å²) in [5.74, 6) is 0.433. The average Bonchev–Trinajstić information content (AvgIpc) is 2.72. The predicted octanol–water partition coefficient (Wildman–Crippen LogP) is 6.16. The second-order valence-electron chi connectivity index (χ2n) is 7.25. The molecule has 0 bridgehead atoms. The van der Waals surface area contributed by atoms with Crippen LogP contribution in [0.4, 0.5) is 18.9 Å². The number of fused-ring (bicyclic) bond motifs is 3. The Balaban J connectivity index is 1.75. The van der Waals surface area contributed by atoms with Gasteiger partial charge in [-0.3, -0.25) is 0 Å². The van der Waals surface area contributed by atoms with Crippen molar-refractivity contribution in [3.63, 3.8) is 0 Å². The summed E-state index contributed by atoms with van der Waals surface area (Å²) in [7, 11) is 0. The Kier molecular flexibility index (Phi) is 5.40. The normalized spacial score (nSPS) is 14.0. The van der Waals surface area contributed by atoms with Crippen LogP contribution >= 0.6 is 11.6 Å². The highest BCUT2D eigenvalue weighted by Gasteiger charge is 2.31. The molecule has 1 aliphatic rings. The third-order valence-corrected chi connectivity index (χ3v) is 5.48. The van der Waals surface area contributed by atoms with E-state index in [2.05, 4.69) is 6.92 Å². The molecule has 158 valence electrons. The van der Waals surface area contributed by atoms with Crippen LogP contribution in [0.2, 0.25) is 5.02 Å². The van der Waals surface area contributed by atoms with E-state index in [0.29, 0.717) is 27.6 Å². The maximum Gasteiger partial charge on any atom is 0.416 e. The first-order valence-corrected chi connectivity index (χ1v) is 9.99. The number of anilines is 1. The zero-order chi connectivity index (χ0) is 21.5. The Hall–Kier alpha value is -2.67. The Labute approximate surface area is 175 Å². The van der Waals surface area contributed by atoms with E-state index in [-0.39, 0.29) is 13.3 Å². The summed E-state index contributed by atoms with van der Waals surface area (Å²) >= 11 is 6.44. The van der Waals surface area contributed by atoms with Gasteiger partial charge in [0.25, 0.3) is 0 Å². The lowest BCUT2D eigenvalue weighted by atomic mass is 10.0. The monoisotopic (exact) mass is 437 g/mol. The van der Waals surface area contributed by atoms with Crippen molar-refractivity contribution in [1.29, 1.82) is 0 Å². The van der Waals surface area contributed by atoms with Crippen LogP contribution in [-0.2, 0) is 19.1 Å². The molecule has 0 atom stereocenters. The molecule has 0 N–H and O–H groups in total. The van der Waals surface area contributed by atoms with Crippen LogP contribution in [0.25, 0.3) is 11.0 Å². The van der Waals surface area contributed by atoms with Gasteiger partial charge in [0, 0.05) is 17.1 Å². The topological polar surface area (TPSA) is 42.7 Å². The van der Waals surface area contributed by atoms with Crippen molar-refractivity contribution in [3.8, 4) is 5.75 Å². The van der Waals surface area contributed by atoms with Gasteiger partial charge in [0.1, 0.15) is 11.3 Å². The second-order valence-corrected chi connectivity index (χ2v) is 7.66. The largest absolute Gasteiger partial charge is 0.471 e. The van der Waals surface area contributed by atoms with Gasteiger partial charge in [0.2, 0.25) is 0 Å². The quantitative estimate of drug-likeness (QED) is 0.458. The fraction of sp³-hybridized carbons (Fsp3) is 0.318. The van der Waals surface area contributed by atoms with Crippen molar-refractivity contribution >= 4 is 28.3 Å². The van der Waals surface area contributed by atoms with E-state index in [1.807, 2.05) is 0 Å². The van der Waals surface area contributed by atoms with Crippen molar-refractivity contribution in [1.82, 2.24) is 0 Å². The van der Waals surface area contributed by atoms with Crippen LogP contribution < -0.4 is 15.3 Å². The number of unbranched alkanes of at least 4 members (excludes halogenated alkanes) is 1. The molecule has 0 saturated carbocycles. The predicted molar refractivity (Wildman–Crippen MR) is 109 cm³/mol. The van der Waals surface area contributed by atoms with Gasteiger partial charge in [-0.1, -0.05) is 24.9 Å². The lowest BCUT2D eigenvalue weighted by Crippen LogP contribution is -2.32.